The lowest BCUT2D eigenvalue weighted by Crippen LogP contribution is -2.47. The first-order valence-electron chi connectivity index (χ1n) is 8.74. The van der Waals surface area contributed by atoms with Gasteiger partial charge in [0, 0.05) is 33.2 Å². The Hall–Kier alpha value is -1.63. The number of hydrogen-bond acceptors (Lipinski definition) is 4. The van der Waals surface area contributed by atoms with E-state index in [0.717, 1.165) is 37.2 Å². The molecule has 2 atom stereocenters. The summed E-state index contributed by atoms with van der Waals surface area (Å²) >= 11 is 0. The molecule has 0 aliphatic carbocycles. The van der Waals surface area contributed by atoms with Gasteiger partial charge in [-0.2, -0.15) is 0 Å². The number of aromatic nitrogens is 3. The Morgan fingerprint density at radius 1 is 1.33 bits per heavy atom. The van der Waals surface area contributed by atoms with Crippen molar-refractivity contribution in [1.82, 2.24) is 25.4 Å². The van der Waals surface area contributed by atoms with E-state index < -0.39 is 0 Å². The lowest BCUT2D eigenvalue weighted by atomic mass is 9.78. The van der Waals surface area contributed by atoms with Crippen LogP contribution < -0.4 is 10.6 Å². The second-order valence-corrected chi connectivity index (χ2v) is 7.59. The molecule has 2 heterocycles. The zero-order valence-corrected chi connectivity index (χ0v) is 15.9. The average molecular weight is 336 g/mol. The van der Waals surface area contributed by atoms with Crippen LogP contribution in [0.5, 0.6) is 0 Å². The largest absolute Gasteiger partial charge is 0.377 e. The molecule has 0 radical (unpaired) electrons. The highest BCUT2D eigenvalue weighted by Gasteiger charge is 2.35. The van der Waals surface area contributed by atoms with E-state index in [9.17, 15) is 0 Å². The van der Waals surface area contributed by atoms with Crippen molar-refractivity contribution in [3.8, 4) is 0 Å². The number of nitrogens with zero attached hydrogens (tertiary/aromatic N) is 4. The van der Waals surface area contributed by atoms with Gasteiger partial charge in [0.1, 0.15) is 5.82 Å². The number of rotatable bonds is 4. The minimum Gasteiger partial charge on any atom is -0.377 e. The molecule has 1 fully saturated rings. The summed E-state index contributed by atoms with van der Waals surface area (Å²) in [5.74, 6) is 3.08. The Kier molecular flexibility index (Phi) is 6.21. The molecule has 24 heavy (non-hydrogen) atoms. The average Bonchev–Trinajstić information content (AvgIpc) is 2.86. The summed E-state index contributed by atoms with van der Waals surface area (Å²) in [7, 11) is 3.76. The number of guanidine groups is 1. The van der Waals surface area contributed by atoms with E-state index in [0.29, 0.717) is 12.5 Å². The third-order valence-corrected chi connectivity index (χ3v) is 4.65. The Labute approximate surface area is 145 Å². The van der Waals surface area contributed by atoms with Gasteiger partial charge in [0.05, 0.1) is 12.6 Å². The molecule has 2 rings (SSSR count). The first-order chi connectivity index (χ1) is 11.3. The van der Waals surface area contributed by atoms with Crippen LogP contribution in [-0.2, 0) is 18.3 Å². The second kappa shape index (κ2) is 7.96. The molecule has 0 amide bonds. The molecule has 1 aliphatic heterocycles. The van der Waals surface area contributed by atoms with Gasteiger partial charge in [0.2, 0.25) is 0 Å². The molecule has 2 N–H and O–H groups in total. The van der Waals surface area contributed by atoms with Crippen LogP contribution in [0.25, 0.3) is 0 Å². The molecule has 1 aromatic rings. The molecule has 1 aliphatic rings. The van der Waals surface area contributed by atoms with Crippen molar-refractivity contribution >= 4 is 5.96 Å². The SMILES string of the molecule is CN=C(NCc1nnc(C)n1C)NCC1CCCOC1C(C)(C)C. The van der Waals surface area contributed by atoms with Gasteiger partial charge in [-0.3, -0.25) is 4.99 Å². The van der Waals surface area contributed by atoms with Crippen LogP contribution in [0.3, 0.4) is 0 Å². The maximum absolute atomic E-state index is 6.05. The van der Waals surface area contributed by atoms with Crippen molar-refractivity contribution in [2.75, 3.05) is 20.2 Å². The maximum Gasteiger partial charge on any atom is 0.191 e. The van der Waals surface area contributed by atoms with E-state index in [-0.39, 0.29) is 11.5 Å². The summed E-state index contributed by atoms with van der Waals surface area (Å²) < 4.78 is 8.02. The quantitative estimate of drug-likeness (QED) is 0.645. The van der Waals surface area contributed by atoms with Gasteiger partial charge >= 0.3 is 0 Å². The predicted molar refractivity (Wildman–Crippen MR) is 95.9 cm³/mol. The molecule has 0 bridgehead atoms. The van der Waals surface area contributed by atoms with Gasteiger partial charge in [0.15, 0.2) is 11.8 Å². The Bertz CT molecular complexity index is 560. The van der Waals surface area contributed by atoms with Crippen molar-refractivity contribution < 1.29 is 4.74 Å². The van der Waals surface area contributed by atoms with Crippen molar-refractivity contribution in [3.05, 3.63) is 11.6 Å². The van der Waals surface area contributed by atoms with E-state index in [4.69, 9.17) is 4.74 Å². The summed E-state index contributed by atoms with van der Waals surface area (Å²) in [5.41, 5.74) is 0.153. The van der Waals surface area contributed by atoms with E-state index in [2.05, 4.69) is 46.6 Å². The summed E-state index contributed by atoms with van der Waals surface area (Å²) in [4.78, 5) is 4.31. The smallest absolute Gasteiger partial charge is 0.191 e. The molecule has 7 heteroatoms. The van der Waals surface area contributed by atoms with Gasteiger partial charge in [-0.25, -0.2) is 0 Å². The van der Waals surface area contributed by atoms with Crippen molar-refractivity contribution in [2.45, 2.75) is 53.2 Å². The van der Waals surface area contributed by atoms with E-state index in [1.54, 1.807) is 7.05 Å². The van der Waals surface area contributed by atoms with E-state index in [1.807, 2.05) is 18.5 Å². The fourth-order valence-corrected chi connectivity index (χ4v) is 3.23. The topological polar surface area (TPSA) is 76.4 Å². The summed E-state index contributed by atoms with van der Waals surface area (Å²) in [6.45, 7) is 11.0. The fraction of sp³-hybridized carbons (Fsp3) is 0.824. The number of nitrogens with one attached hydrogen (secondary N) is 2. The van der Waals surface area contributed by atoms with Crippen LogP contribution >= 0.6 is 0 Å². The Morgan fingerprint density at radius 3 is 2.67 bits per heavy atom. The lowest BCUT2D eigenvalue weighted by molar-refractivity contribution is -0.0835. The monoisotopic (exact) mass is 336 g/mol. The van der Waals surface area contributed by atoms with Crippen molar-refractivity contribution in [1.29, 1.82) is 0 Å². The third-order valence-electron chi connectivity index (χ3n) is 4.65. The highest BCUT2D eigenvalue weighted by molar-refractivity contribution is 5.79. The van der Waals surface area contributed by atoms with Gasteiger partial charge in [-0.1, -0.05) is 20.8 Å². The first kappa shape index (κ1) is 18.7. The zero-order chi connectivity index (χ0) is 17.7. The minimum absolute atomic E-state index is 0.153. The van der Waals surface area contributed by atoms with Crippen LogP contribution in [0, 0.1) is 18.3 Å². The predicted octanol–water partition coefficient (Wildman–Crippen LogP) is 1.63. The van der Waals surface area contributed by atoms with Crippen LogP contribution in [0.4, 0.5) is 0 Å². The van der Waals surface area contributed by atoms with Gasteiger partial charge in [-0.05, 0) is 25.2 Å². The van der Waals surface area contributed by atoms with E-state index in [1.165, 1.54) is 6.42 Å². The highest BCUT2D eigenvalue weighted by Crippen LogP contribution is 2.33. The van der Waals surface area contributed by atoms with Gasteiger partial charge < -0.3 is 19.9 Å². The Morgan fingerprint density at radius 2 is 2.08 bits per heavy atom. The fourth-order valence-electron chi connectivity index (χ4n) is 3.23. The Balaban J connectivity index is 1.87. The van der Waals surface area contributed by atoms with Crippen LogP contribution in [0.15, 0.2) is 4.99 Å². The molecule has 136 valence electrons. The molecule has 1 saturated heterocycles. The van der Waals surface area contributed by atoms with Crippen molar-refractivity contribution in [3.63, 3.8) is 0 Å². The van der Waals surface area contributed by atoms with Crippen LogP contribution in [0.2, 0.25) is 0 Å². The van der Waals surface area contributed by atoms with Gasteiger partial charge in [0.25, 0.3) is 0 Å². The number of aliphatic imine (C=N–C) groups is 1. The molecule has 0 spiro atoms. The summed E-state index contributed by atoms with van der Waals surface area (Å²) in [6.07, 6.45) is 2.59. The molecule has 1 aromatic heterocycles. The maximum atomic E-state index is 6.05. The highest BCUT2D eigenvalue weighted by atomic mass is 16.5. The molecular weight excluding hydrogens is 304 g/mol. The molecule has 0 saturated carbocycles. The second-order valence-electron chi connectivity index (χ2n) is 7.59. The van der Waals surface area contributed by atoms with Gasteiger partial charge in [-0.15, -0.1) is 10.2 Å². The standard InChI is InChI=1S/C17H32N6O/c1-12-21-22-14(23(12)6)11-20-16(18-5)19-10-13-8-7-9-24-15(13)17(2,3)4/h13,15H,7-11H2,1-6H3,(H2,18,19,20). The zero-order valence-electron chi connectivity index (χ0n) is 15.9. The lowest BCUT2D eigenvalue weighted by Gasteiger charge is -2.40. The molecule has 2 unspecified atom stereocenters. The molecular formula is C17H32N6O. The van der Waals surface area contributed by atoms with Crippen molar-refractivity contribution in [2.24, 2.45) is 23.4 Å². The molecule has 0 aromatic carbocycles. The normalized spacial score (nSPS) is 22.5. The minimum atomic E-state index is 0.153. The number of hydrogen-bond donors (Lipinski definition) is 2. The first-order valence-corrected chi connectivity index (χ1v) is 8.74. The number of aryl methyl sites for hydroxylation is 1. The molecule has 7 nitrogen and oxygen atoms in total. The van der Waals surface area contributed by atoms with Crippen LogP contribution in [-0.4, -0.2) is 47.0 Å². The third kappa shape index (κ3) is 4.69. The summed E-state index contributed by atoms with van der Waals surface area (Å²) in [6, 6.07) is 0. The summed E-state index contributed by atoms with van der Waals surface area (Å²) in [5, 5.41) is 15.0. The van der Waals surface area contributed by atoms with Crippen LogP contribution in [0.1, 0.15) is 45.3 Å². The number of ether oxygens (including phenoxy) is 1. The van der Waals surface area contributed by atoms with E-state index >= 15 is 0 Å².